The Labute approximate surface area is 111 Å². The van der Waals surface area contributed by atoms with E-state index < -0.39 is 0 Å². The molecule has 1 saturated carbocycles. The number of rotatable bonds is 5. The molecule has 1 aromatic heterocycles. The Kier molecular flexibility index (Phi) is 5.36. The highest BCUT2D eigenvalue weighted by Gasteiger charge is 2.37. The third kappa shape index (κ3) is 3.66. The smallest absolute Gasteiger partial charge is 0.270 e. The van der Waals surface area contributed by atoms with Crippen molar-refractivity contribution in [3.63, 3.8) is 0 Å². The van der Waals surface area contributed by atoms with Crippen molar-refractivity contribution in [1.82, 2.24) is 10.3 Å². The van der Waals surface area contributed by atoms with Gasteiger partial charge in [-0.05, 0) is 18.8 Å². The summed E-state index contributed by atoms with van der Waals surface area (Å²) in [5.41, 5.74) is 5.96. The van der Waals surface area contributed by atoms with Crippen molar-refractivity contribution in [2.24, 2.45) is 11.7 Å². The first-order chi connectivity index (χ1) is 7.74. The molecule has 1 aliphatic carbocycles. The zero-order valence-electron chi connectivity index (χ0n) is 9.81. The third-order valence-electron chi connectivity index (χ3n) is 2.86. The van der Waals surface area contributed by atoms with E-state index in [1.165, 1.54) is 24.2 Å². The van der Waals surface area contributed by atoms with Crippen LogP contribution in [-0.4, -0.2) is 16.9 Å². The lowest BCUT2D eigenvalue weighted by Gasteiger charge is -2.01. The highest BCUT2D eigenvalue weighted by molar-refractivity contribution is 7.09. The summed E-state index contributed by atoms with van der Waals surface area (Å²) in [6.07, 6.45) is 3.51. The number of aromatic nitrogens is 1. The molecule has 17 heavy (non-hydrogen) atoms. The van der Waals surface area contributed by atoms with E-state index >= 15 is 0 Å². The first-order valence-corrected chi connectivity index (χ1v) is 6.58. The SMILES string of the molecule is CCCC1CC1NC(=O)c1csc(CN)n1.Cl. The van der Waals surface area contributed by atoms with E-state index in [4.69, 9.17) is 5.73 Å². The fourth-order valence-electron chi connectivity index (χ4n) is 1.87. The van der Waals surface area contributed by atoms with Crippen LogP contribution in [0.4, 0.5) is 0 Å². The molecule has 1 aromatic rings. The number of carbonyl (C=O) groups excluding carboxylic acids is 1. The van der Waals surface area contributed by atoms with Crippen molar-refractivity contribution < 1.29 is 4.79 Å². The Morgan fingerprint density at radius 3 is 3.06 bits per heavy atom. The maximum atomic E-state index is 11.8. The van der Waals surface area contributed by atoms with E-state index in [0.717, 1.165) is 11.4 Å². The Hall–Kier alpha value is -0.650. The Balaban J connectivity index is 0.00000144. The van der Waals surface area contributed by atoms with Crippen LogP contribution in [0.1, 0.15) is 41.7 Å². The molecule has 6 heteroatoms. The molecule has 1 amide bonds. The minimum atomic E-state index is -0.0560. The van der Waals surface area contributed by atoms with Gasteiger partial charge in [0.1, 0.15) is 10.7 Å². The number of thiazole rings is 1. The van der Waals surface area contributed by atoms with Gasteiger partial charge in [-0.25, -0.2) is 4.98 Å². The number of nitrogens with one attached hydrogen (secondary N) is 1. The number of carbonyl (C=O) groups is 1. The zero-order valence-corrected chi connectivity index (χ0v) is 11.4. The lowest BCUT2D eigenvalue weighted by molar-refractivity contribution is 0.0944. The maximum absolute atomic E-state index is 11.8. The number of nitrogens with two attached hydrogens (primary N) is 1. The van der Waals surface area contributed by atoms with Crippen molar-refractivity contribution >= 4 is 29.7 Å². The number of hydrogen-bond acceptors (Lipinski definition) is 4. The van der Waals surface area contributed by atoms with Crippen LogP contribution in [0.5, 0.6) is 0 Å². The molecule has 4 nitrogen and oxygen atoms in total. The van der Waals surface area contributed by atoms with Crippen LogP contribution in [0.2, 0.25) is 0 Å². The van der Waals surface area contributed by atoms with Crippen LogP contribution < -0.4 is 11.1 Å². The molecule has 0 spiro atoms. The van der Waals surface area contributed by atoms with E-state index in [9.17, 15) is 4.79 Å². The summed E-state index contributed by atoms with van der Waals surface area (Å²) in [4.78, 5) is 15.9. The third-order valence-corrected chi connectivity index (χ3v) is 3.73. The maximum Gasteiger partial charge on any atom is 0.270 e. The Morgan fingerprint density at radius 1 is 1.71 bits per heavy atom. The molecule has 0 radical (unpaired) electrons. The number of nitrogens with zero attached hydrogens (tertiary/aromatic N) is 1. The average Bonchev–Trinajstić information content (AvgIpc) is 2.84. The number of hydrogen-bond donors (Lipinski definition) is 2. The van der Waals surface area contributed by atoms with Gasteiger partial charge in [-0.3, -0.25) is 4.79 Å². The predicted molar refractivity (Wildman–Crippen MR) is 71.5 cm³/mol. The van der Waals surface area contributed by atoms with E-state index in [0.29, 0.717) is 24.2 Å². The van der Waals surface area contributed by atoms with Gasteiger partial charge in [-0.1, -0.05) is 13.3 Å². The molecule has 2 rings (SSSR count). The van der Waals surface area contributed by atoms with E-state index in [1.54, 1.807) is 5.38 Å². The first kappa shape index (κ1) is 14.4. The second-order valence-corrected chi connectivity index (χ2v) is 5.14. The van der Waals surface area contributed by atoms with Gasteiger partial charge < -0.3 is 11.1 Å². The molecule has 2 atom stereocenters. The largest absolute Gasteiger partial charge is 0.348 e. The summed E-state index contributed by atoms with van der Waals surface area (Å²) in [6, 6.07) is 0.371. The summed E-state index contributed by atoms with van der Waals surface area (Å²) >= 11 is 1.44. The summed E-state index contributed by atoms with van der Waals surface area (Å²) < 4.78 is 0. The predicted octanol–water partition coefficient (Wildman–Crippen LogP) is 1.94. The lowest BCUT2D eigenvalue weighted by atomic mass is 10.2. The summed E-state index contributed by atoms with van der Waals surface area (Å²) in [5.74, 6) is 0.626. The summed E-state index contributed by atoms with van der Waals surface area (Å²) in [6.45, 7) is 2.57. The average molecular weight is 276 g/mol. The number of halogens is 1. The fraction of sp³-hybridized carbons (Fsp3) is 0.636. The van der Waals surface area contributed by atoms with Gasteiger partial charge in [0.2, 0.25) is 0 Å². The van der Waals surface area contributed by atoms with Crippen LogP contribution in [-0.2, 0) is 6.54 Å². The summed E-state index contributed by atoms with van der Waals surface area (Å²) in [5, 5.41) is 5.59. The van der Waals surface area contributed by atoms with Crippen LogP contribution in [0.15, 0.2) is 5.38 Å². The van der Waals surface area contributed by atoms with Crippen molar-refractivity contribution in [2.75, 3.05) is 0 Å². The normalized spacial score (nSPS) is 21.8. The molecule has 1 fully saturated rings. The Morgan fingerprint density at radius 2 is 2.47 bits per heavy atom. The molecule has 0 aliphatic heterocycles. The zero-order chi connectivity index (χ0) is 11.5. The molecule has 3 N–H and O–H groups in total. The van der Waals surface area contributed by atoms with Crippen LogP contribution in [0.25, 0.3) is 0 Å². The van der Waals surface area contributed by atoms with Crippen molar-refractivity contribution in [1.29, 1.82) is 0 Å². The van der Waals surface area contributed by atoms with Crippen molar-refractivity contribution in [3.05, 3.63) is 16.1 Å². The van der Waals surface area contributed by atoms with Gasteiger partial charge in [0.25, 0.3) is 5.91 Å². The second kappa shape index (κ2) is 6.33. The highest BCUT2D eigenvalue weighted by atomic mass is 35.5. The van der Waals surface area contributed by atoms with E-state index in [2.05, 4.69) is 17.2 Å². The molecule has 0 bridgehead atoms. The van der Waals surface area contributed by atoms with Gasteiger partial charge >= 0.3 is 0 Å². The molecule has 1 heterocycles. The van der Waals surface area contributed by atoms with Crippen molar-refractivity contribution in [3.8, 4) is 0 Å². The van der Waals surface area contributed by atoms with Gasteiger partial charge in [0.05, 0.1) is 0 Å². The highest BCUT2D eigenvalue weighted by Crippen LogP contribution is 2.34. The van der Waals surface area contributed by atoms with Gasteiger partial charge in [-0.2, -0.15) is 0 Å². The monoisotopic (exact) mass is 275 g/mol. The standard InChI is InChI=1S/C11H17N3OS.ClH/c1-2-3-7-4-8(7)14-11(15)9-6-16-10(5-12)13-9;/h6-8H,2-5,12H2,1H3,(H,14,15);1H. The quantitative estimate of drug-likeness (QED) is 0.863. The number of amides is 1. The Bertz CT molecular complexity index is 383. The van der Waals surface area contributed by atoms with Gasteiger partial charge in [0, 0.05) is 18.0 Å². The molecule has 96 valence electrons. The molecule has 0 aromatic carbocycles. The van der Waals surface area contributed by atoms with E-state index in [-0.39, 0.29) is 18.3 Å². The van der Waals surface area contributed by atoms with Crippen LogP contribution >= 0.6 is 23.7 Å². The minimum Gasteiger partial charge on any atom is -0.348 e. The van der Waals surface area contributed by atoms with Gasteiger partial charge in [-0.15, -0.1) is 23.7 Å². The molecular weight excluding hydrogens is 258 g/mol. The lowest BCUT2D eigenvalue weighted by Crippen LogP contribution is -2.27. The molecule has 0 saturated heterocycles. The second-order valence-electron chi connectivity index (χ2n) is 4.20. The van der Waals surface area contributed by atoms with E-state index in [1.807, 2.05) is 0 Å². The van der Waals surface area contributed by atoms with Crippen molar-refractivity contribution in [2.45, 2.75) is 38.8 Å². The van der Waals surface area contributed by atoms with Crippen LogP contribution in [0, 0.1) is 5.92 Å². The fourth-order valence-corrected chi connectivity index (χ4v) is 2.52. The van der Waals surface area contributed by atoms with Gasteiger partial charge in [0.15, 0.2) is 0 Å². The topological polar surface area (TPSA) is 68.0 Å². The summed E-state index contributed by atoms with van der Waals surface area (Å²) in [7, 11) is 0. The first-order valence-electron chi connectivity index (χ1n) is 5.70. The molecule has 2 unspecified atom stereocenters. The minimum absolute atomic E-state index is 0. The molecular formula is C11H18ClN3OS. The van der Waals surface area contributed by atoms with Crippen LogP contribution in [0.3, 0.4) is 0 Å². The molecule has 1 aliphatic rings.